The van der Waals surface area contributed by atoms with Crippen molar-refractivity contribution in [3.63, 3.8) is 0 Å². The van der Waals surface area contributed by atoms with Crippen molar-refractivity contribution in [3.05, 3.63) is 71.4 Å². The summed E-state index contributed by atoms with van der Waals surface area (Å²) in [6.07, 6.45) is -0.565. The maximum absolute atomic E-state index is 12.7. The lowest BCUT2D eigenvalue weighted by Crippen LogP contribution is -2.07. The SMILES string of the molecule is CN(C)c1ccc(/C=C/c2ccc3cc(C(F)(F)F)ccc3n2)cc1. The van der Waals surface area contributed by atoms with Gasteiger partial charge < -0.3 is 4.90 Å². The van der Waals surface area contributed by atoms with E-state index in [0.29, 0.717) is 16.6 Å². The largest absolute Gasteiger partial charge is 0.416 e. The molecule has 2 nitrogen and oxygen atoms in total. The number of pyridine rings is 1. The highest BCUT2D eigenvalue weighted by Crippen LogP contribution is 2.31. The van der Waals surface area contributed by atoms with Crippen molar-refractivity contribution >= 4 is 28.7 Å². The molecule has 0 unspecified atom stereocenters. The summed E-state index contributed by atoms with van der Waals surface area (Å²) in [5.41, 5.74) is 2.72. The predicted molar refractivity (Wildman–Crippen MR) is 96.4 cm³/mol. The minimum absolute atomic E-state index is 0.474. The number of nitrogens with zero attached hydrogens (tertiary/aromatic N) is 2. The van der Waals surface area contributed by atoms with E-state index in [1.165, 1.54) is 6.07 Å². The van der Waals surface area contributed by atoms with Crippen LogP contribution in [0.4, 0.5) is 18.9 Å². The van der Waals surface area contributed by atoms with Crippen LogP contribution in [0.15, 0.2) is 54.6 Å². The molecule has 3 rings (SSSR count). The zero-order valence-corrected chi connectivity index (χ0v) is 13.9. The third-order valence-electron chi connectivity index (χ3n) is 3.89. The summed E-state index contributed by atoms with van der Waals surface area (Å²) in [6.45, 7) is 0. The van der Waals surface area contributed by atoms with Gasteiger partial charge in [0, 0.05) is 25.2 Å². The minimum Gasteiger partial charge on any atom is -0.378 e. The van der Waals surface area contributed by atoms with Gasteiger partial charge in [-0.25, -0.2) is 4.98 Å². The number of hydrogen-bond acceptors (Lipinski definition) is 2. The molecule has 0 spiro atoms. The van der Waals surface area contributed by atoms with E-state index in [4.69, 9.17) is 0 Å². The van der Waals surface area contributed by atoms with Gasteiger partial charge >= 0.3 is 6.18 Å². The summed E-state index contributed by atoms with van der Waals surface area (Å²) in [5.74, 6) is 0. The van der Waals surface area contributed by atoms with Crippen LogP contribution in [0.1, 0.15) is 16.8 Å². The lowest BCUT2D eigenvalue weighted by Gasteiger charge is -2.11. The molecule has 0 aliphatic carbocycles. The first-order valence-electron chi connectivity index (χ1n) is 7.76. The molecule has 0 aliphatic rings. The molecule has 0 aliphatic heterocycles. The highest BCUT2D eigenvalue weighted by Gasteiger charge is 2.30. The molecular formula is C20H17F3N2. The number of benzene rings is 2. The molecule has 25 heavy (non-hydrogen) atoms. The van der Waals surface area contributed by atoms with E-state index in [0.717, 1.165) is 23.4 Å². The van der Waals surface area contributed by atoms with Gasteiger partial charge in [0.1, 0.15) is 0 Å². The second-order valence-electron chi connectivity index (χ2n) is 5.96. The first-order valence-corrected chi connectivity index (χ1v) is 7.76. The molecule has 1 heterocycles. The molecule has 0 atom stereocenters. The van der Waals surface area contributed by atoms with Crippen molar-refractivity contribution in [2.75, 3.05) is 19.0 Å². The second kappa shape index (κ2) is 6.59. The van der Waals surface area contributed by atoms with E-state index in [1.54, 1.807) is 12.1 Å². The average Bonchev–Trinajstić information content (AvgIpc) is 2.59. The van der Waals surface area contributed by atoms with Gasteiger partial charge in [-0.05, 0) is 48.0 Å². The van der Waals surface area contributed by atoms with Crippen LogP contribution < -0.4 is 4.90 Å². The van der Waals surface area contributed by atoms with Crippen LogP contribution in [0.25, 0.3) is 23.1 Å². The van der Waals surface area contributed by atoms with E-state index >= 15 is 0 Å². The van der Waals surface area contributed by atoms with Crippen LogP contribution in [0, 0.1) is 0 Å². The summed E-state index contributed by atoms with van der Waals surface area (Å²) >= 11 is 0. The standard InChI is InChI=1S/C20H17F3N2/c1-25(2)18-10-4-14(5-11-18)3-8-17-9-6-15-13-16(20(21,22)23)7-12-19(15)24-17/h3-13H,1-2H3/b8-3+. The number of alkyl halides is 3. The highest BCUT2D eigenvalue weighted by molar-refractivity contribution is 5.81. The Balaban J connectivity index is 1.84. The topological polar surface area (TPSA) is 16.1 Å². The fourth-order valence-corrected chi connectivity index (χ4v) is 2.48. The number of hydrogen-bond donors (Lipinski definition) is 0. The van der Waals surface area contributed by atoms with Gasteiger partial charge in [-0.2, -0.15) is 13.2 Å². The summed E-state index contributed by atoms with van der Waals surface area (Å²) in [5, 5.41) is 0.474. The molecule has 0 fully saturated rings. The Labute approximate surface area is 144 Å². The molecule has 0 radical (unpaired) electrons. The van der Waals surface area contributed by atoms with Gasteiger partial charge in [0.25, 0.3) is 0 Å². The third-order valence-corrected chi connectivity index (χ3v) is 3.89. The fourth-order valence-electron chi connectivity index (χ4n) is 2.48. The molecule has 1 aromatic heterocycles. The Morgan fingerprint density at radius 2 is 1.60 bits per heavy atom. The summed E-state index contributed by atoms with van der Waals surface area (Å²) in [7, 11) is 3.96. The number of halogens is 3. The number of rotatable bonds is 3. The van der Waals surface area contributed by atoms with Crippen LogP contribution in [0.5, 0.6) is 0 Å². The first-order chi connectivity index (χ1) is 11.8. The fraction of sp³-hybridized carbons (Fsp3) is 0.150. The number of anilines is 1. The molecular weight excluding hydrogens is 325 g/mol. The molecule has 5 heteroatoms. The summed E-state index contributed by atoms with van der Waals surface area (Å²) < 4.78 is 38.2. The van der Waals surface area contributed by atoms with Gasteiger partial charge in [0.2, 0.25) is 0 Å². The van der Waals surface area contributed by atoms with E-state index in [1.807, 2.05) is 55.4 Å². The van der Waals surface area contributed by atoms with Gasteiger partial charge in [-0.15, -0.1) is 0 Å². The van der Waals surface area contributed by atoms with Crippen molar-refractivity contribution < 1.29 is 13.2 Å². The van der Waals surface area contributed by atoms with Gasteiger partial charge in [-0.1, -0.05) is 24.3 Å². The van der Waals surface area contributed by atoms with E-state index in [2.05, 4.69) is 4.98 Å². The molecule has 128 valence electrons. The average molecular weight is 342 g/mol. The van der Waals surface area contributed by atoms with Crippen molar-refractivity contribution in [2.24, 2.45) is 0 Å². The third kappa shape index (κ3) is 3.99. The Morgan fingerprint density at radius 3 is 2.24 bits per heavy atom. The Kier molecular flexibility index (Phi) is 4.49. The molecule has 0 saturated carbocycles. The van der Waals surface area contributed by atoms with Crippen LogP contribution in [-0.4, -0.2) is 19.1 Å². The molecule has 0 saturated heterocycles. The van der Waals surface area contributed by atoms with Crippen molar-refractivity contribution in [2.45, 2.75) is 6.18 Å². The van der Waals surface area contributed by atoms with Crippen molar-refractivity contribution in [3.8, 4) is 0 Å². The zero-order valence-electron chi connectivity index (χ0n) is 13.9. The predicted octanol–water partition coefficient (Wildman–Crippen LogP) is 5.49. The van der Waals surface area contributed by atoms with E-state index in [-0.39, 0.29) is 0 Å². The molecule has 0 bridgehead atoms. The van der Waals surface area contributed by atoms with Crippen LogP contribution in [0.3, 0.4) is 0 Å². The van der Waals surface area contributed by atoms with Crippen LogP contribution >= 0.6 is 0 Å². The van der Waals surface area contributed by atoms with Crippen molar-refractivity contribution in [1.82, 2.24) is 4.98 Å². The zero-order chi connectivity index (χ0) is 18.0. The number of aromatic nitrogens is 1. The van der Waals surface area contributed by atoms with Crippen LogP contribution in [0.2, 0.25) is 0 Å². The smallest absolute Gasteiger partial charge is 0.378 e. The summed E-state index contributed by atoms with van der Waals surface area (Å²) in [4.78, 5) is 6.42. The van der Waals surface area contributed by atoms with Gasteiger partial charge in [0.15, 0.2) is 0 Å². The Morgan fingerprint density at radius 1 is 0.880 bits per heavy atom. The normalized spacial score (nSPS) is 12.0. The number of fused-ring (bicyclic) bond motifs is 1. The van der Waals surface area contributed by atoms with Crippen LogP contribution in [-0.2, 0) is 6.18 Å². The highest BCUT2D eigenvalue weighted by atomic mass is 19.4. The van der Waals surface area contributed by atoms with Crippen molar-refractivity contribution in [1.29, 1.82) is 0 Å². The lowest BCUT2D eigenvalue weighted by atomic mass is 10.1. The quantitative estimate of drug-likeness (QED) is 0.626. The summed E-state index contributed by atoms with van der Waals surface area (Å²) in [6, 6.07) is 15.0. The molecule has 0 amide bonds. The Bertz CT molecular complexity index is 910. The molecule has 0 N–H and O–H groups in total. The minimum atomic E-state index is -4.34. The van der Waals surface area contributed by atoms with Gasteiger partial charge in [-0.3, -0.25) is 0 Å². The monoisotopic (exact) mass is 342 g/mol. The maximum Gasteiger partial charge on any atom is 0.416 e. The second-order valence-corrected chi connectivity index (χ2v) is 5.96. The first kappa shape index (κ1) is 17.0. The Hall–Kier alpha value is -2.82. The van der Waals surface area contributed by atoms with E-state index in [9.17, 15) is 13.2 Å². The van der Waals surface area contributed by atoms with Gasteiger partial charge in [0.05, 0.1) is 16.8 Å². The molecule has 3 aromatic rings. The molecule has 2 aromatic carbocycles. The lowest BCUT2D eigenvalue weighted by molar-refractivity contribution is -0.137. The maximum atomic E-state index is 12.7. The van der Waals surface area contributed by atoms with E-state index < -0.39 is 11.7 Å².